The lowest BCUT2D eigenvalue weighted by Crippen LogP contribution is -2.01. The van der Waals surface area contributed by atoms with Crippen LogP contribution in [-0.4, -0.2) is 14.5 Å². The average Bonchev–Trinajstić information content (AvgIpc) is 3.15. The van der Waals surface area contributed by atoms with Gasteiger partial charge in [0.25, 0.3) is 0 Å². The first-order valence-corrected chi connectivity index (χ1v) is 7.17. The van der Waals surface area contributed by atoms with Crippen LogP contribution in [0.2, 0.25) is 0 Å². The van der Waals surface area contributed by atoms with Crippen molar-refractivity contribution < 1.29 is 4.42 Å². The maximum absolute atomic E-state index is 5.31. The number of benzene rings is 2. The van der Waals surface area contributed by atoms with Gasteiger partial charge in [-0.3, -0.25) is 4.57 Å². The molecule has 4 aromatic rings. The smallest absolute Gasteiger partial charge is 0.181 e. The topological polar surface area (TPSA) is 43.9 Å². The molecule has 108 valence electrons. The van der Waals surface area contributed by atoms with Crippen molar-refractivity contribution in [2.45, 2.75) is 13.8 Å². The summed E-state index contributed by atoms with van der Waals surface area (Å²) >= 11 is 0. The summed E-state index contributed by atoms with van der Waals surface area (Å²) in [6.45, 7) is 4.24. The molecule has 0 radical (unpaired) electrons. The molecule has 0 N–H and O–H groups in total. The monoisotopic (exact) mass is 289 g/mol. The van der Waals surface area contributed by atoms with Gasteiger partial charge in [-0.25, -0.2) is 9.97 Å². The molecule has 0 aliphatic rings. The molecule has 4 rings (SSSR count). The van der Waals surface area contributed by atoms with Gasteiger partial charge in [0.05, 0.1) is 5.69 Å². The Morgan fingerprint density at radius 1 is 1.00 bits per heavy atom. The normalized spacial score (nSPS) is 11.2. The van der Waals surface area contributed by atoms with Crippen LogP contribution in [0.25, 0.3) is 28.2 Å². The summed E-state index contributed by atoms with van der Waals surface area (Å²) in [5, 5.41) is 0. The van der Waals surface area contributed by atoms with Crippen molar-refractivity contribution in [2.24, 2.45) is 0 Å². The van der Waals surface area contributed by atoms with Gasteiger partial charge in [-0.05, 0) is 43.2 Å². The molecule has 0 saturated heterocycles. The second kappa shape index (κ2) is 4.84. The van der Waals surface area contributed by atoms with E-state index in [1.807, 2.05) is 30.6 Å². The fraction of sp³-hybridized carbons (Fsp3) is 0.111. The van der Waals surface area contributed by atoms with Gasteiger partial charge in [-0.2, -0.15) is 0 Å². The number of rotatable bonds is 2. The van der Waals surface area contributed by atoms with E-state index in [9.17, 15) is 0 Å². The van der Waals surface area contributed by atoms with Crippen molar-refractivity contribution >= 4 is 11.1 Å². The summed E-state index contributed by atoms with van der Waals surface area (Å²) in [6, 6.07) is 12.3. The number of hydrogen-bond donors (Lipinski definition) is 0. The van der Waals surface area contributed by atoms with Gasteiger partial charge in [-0.15, -0.1) is 0 Å². The number of imidazole rings is 1. The predicted octanol–water partition coefficient (Wildman–Crippen LogP) is 4.30. The molecular weight excluding hydrogens is 274 g/mol. The van der Waals surface area contributed by atoms with E-state index in [2.05, 4.69) is 46.6 Å². The van der Waals surface area contributed by atoms with Crippen LogP contribution < -0.4 is 0 Å². The number of hydrogen-bond acceptors (Lipinski definition) is 3. The van der Waals surface area contributed by atoms with Crippen molar-refractivity contribution in [2.75, 3.05) is 0 Å². The lowest BCUT2D eigenvalue weighted by Gasteiger charge is -2.13. The standard InChI is InChI=1S/C18H15N3O/c1-12-4-3-5-13(2)17(12)21-9-8-19-18(21)14-6-7-16-15(10-14)20-11-22-16/h3-11H,1-2H3. The molecule has 0 unspecified atom stereocenters. The van der Waals surface area contributed by atoms with E-state index in [1.54, 1.807) is 0 Å². The highest BCUT2D eigenvalue weighted by Crippen LogP contribution is 2.27. The number of nitrogens with zero attached hydrogens (tertiary/aromatic N) is 3. The van der Waals surface area contributed by atoms with Crippen molar-refractivity contribution in [3.8, 4) is 17.1 Å². The van der Waals surface area contributed by atoms with Gasteiger partial charge < -0.3 is 4.42 Å². The molecule has 0 fully saturated rings. The van der Waals surface area contributed by atoms with E-state index < -0.39 is 0 Å². The molecule has 2 aromatic heterocycles. The van der Waals surface area contributed by atoms with E-state index >= 15 is 0 Å². The zero-order valence-electron chi connectivity index (χ0n) is 12.4. The maximum atomic E-state index is 5.31. The third-order valence-electron chi connectivity index (χ3n) is 3.91. The molecule has 0 amide bonds. The maximum Gasteiger partial charge on any atom is 0.181 e. The number of fused-ring (bicyclic) bond motifs is 1. The Kier molecular flexibility index (Phi) is 2.82. The molecule has 0 atom stereocenters. The Morgan fingerprint density at radius 2 is 1.82 bits per heavy atom. The average molecular weight is 289 g/mol. The second-order valence-electron chi connectivity index (χ2n) is 5.40. The molecule has 0 saturated carbocycles. The SMILES string of the molecule is Cc1cccc(C)c1-n1ccnc1-c1ccc2ocnc2c1. The number of aromatic nitrogens is 3. The molecular formula is C18H15N3O. The highest BCUT2D eigenvalue weighted by molar-refractivity contribution is 5.78. The van der Waals surface area contributed by atoms with Crippen LogP contribution in [0.1, 0.15) is 11.1 Å². The zero-order valence-corrected chi connectivity index (χ0v) is 12.4. The van der Waals surface area contributed by atoms with Crippen LogP contribution in [0.4, 0.5) is 0 Å². The molecule has 4 nitrogen and oxygen atoms in total. The first kappa shape index (κ1) is 12.8. The van der Waals surface area contributed by atoms with Crippen LogP contribution >= 0.6 is 0 Å². The van der Waals surface area contributed by atoms with E-state index in [0.717, 1.165) is 22.5 Å². The van der Waals surface area contributed by atoms with Crippen LogP contribution in [-0.2, 0) is 0 Å². The van der Waals surface area contributed by atoms with Crippen molar-refractivity contribution in [3.05, 3.63) is 66.3 Å². The number of aryl methyl sites for hydroxylation is 2. The summed E-state index contributed by atoms with van der Waals surface area (Å²) in [5.41, 5.74) is 6.27. The Labute approximate surface area is 128 Å². The quantitative estimate of drug-likeness (QED) is 0.552. The molecule has 0 spiro atoms. The molecule has 4 heteroatoms. The number of oxazole rings is 1. The van der Waals surface area contributed by atoms with Crippen LogP contribution in [0.5, 0.6) is 0 Å². The lowest BCUT2D eigenvalue weighted by atomic mass is 10.1. The van der Waals surface area contributed by atoms with E-state index in [4.69, 9.17) is 4.42 Å². The molecule has 0 bridgehead atoms. The largest absolute Gasteiger partial charge is 0.443 e. The minimum atomic E-state index is 0.786. The lowest BCUT2D eigenvalue weighted by molar-refractivity contribution is 0.602. The fourth-order valence-electron chi connectivity index (χ4n) is 2.88. The van der Waals surface area contributed by atoms with Gasteiger partial charge in [-0.1, -0.05) is 18.2 Å². The molecule has 0 aliphatic carbocycles. The van der Waals surface area contributed by atoms with Gasteiger partial charge in [0.15, 0.2) is 12.0 Å². The van der Waals surface area contributed by atoms with Crippen molar-refractivity contribution in [1.82, 2.24) is 14.5 Å². The summed E-state index contributed by atoms with van der Waals surface area (Å²) in [7, 11) is 0. The first-order chi connectivity index (χ1) is 10.7. The minimum Gasteiger partial charge on any atom is -0.443 e. The first-order valence-electron chi connectivity index (χ1n) is 7.17. The molecule has 22 heavy (non-hydrogen) atoms. The fourth-order valence-corrected chi connectivity index (χ4v) is 2.88. The molecule has 2 heterocycles. The van der Waals surface area contributed by atoms with E-state index in [0.29, 0.717) is 0 Å². The second-order valence-corrected chi connectivity index (χ2v) is 5.40. The Balaban J connectivity index is 1.93. The Bertz CT molecular complexity index is 945. The zero-order chi connectivity index (χ0) is 15.1. The highest BCUT2D eigenvalue weighted by atomic mass is 16.3. The number of para-hydroxylation sites is 1. The van der Waals surface area contributed by atoms with E-state index in [-0.39, 0.29) is 0 Å². The van der Waals surface area contributed by atoms with E-state index in [1.165, 1.54) is 23.2 Å². The summed E-state index contributed by atoms with van der Waals surface area (Å²) in [5.74, 6) is 0.905. The van der Waals surface area contributed by atoms with Crippen LogP contribution in [0.15, 0.2) is 59.6 Å². The van der Waals surface area contributed by atoms with Gasteiger partial charge in [0.2, 0.25) is 0 Å². The molecule has 2 aromatic carbocycles. The third-order valence-corrected chi connectivity index (χ3v) is 3.91. The Morgan fingerprint density at radius 3 is 2.64 bits per heavy atom. The minimum absolute atomic E-state index is 0.786. The van der Waals surface area contributed by atoms with Gasteiger partial charge in [0.1, 0.15) is 11.3 Å². The Hall–Kier alpha value is -2.88. The van der Waals surface area contributed by atoms with Gasteiger partial charge in [0, 0.05) is 18.0 Å². The van der Waals surface area contributed by atoms with Gasteiger partial charge >= 0.3 is 0 Å². The summed E-state index contributed by atoms with van der Waals surface area (Å²) in [6.07, 6.45) is 5.29. The summed E-state index contributed by atoms with van der Waals surface area (Å²) < 4.78 is 7.44. The molecule has 0 aliphatic heterocycles. The van der Waals surface area contributed by atoms with Crippen molar-refractivity contribution in [1.29, 1.82) is 0 Å². The van der Waals surface area contributed by atoms with Crippen LogP contribution in [0, 0.1) is 13.8 Å². The summed E-state index contributed by atoms with van der Waals surface area (Å²) in [4.78, 5) is 8.76. The predicted molar refractivity (Wildman–Crippen MR) is 86.0 cm³/mol. The van der Waals surface area contributed by atoms with Crippen molar-refractivity contribution in [3.63, 3.8) is 0 Å². The highest BCUT2D eigenvalue weighted by Gasteiger charge is 2.12. The third kappa shape index (κ3) is 1.92. The van der Waals surface area contributed by atoms with Crippen LogP contribution in [0.3, 0.4) is 0 Å².